The third kappa shape index (κ3) is 3.59. The summed E-state index contributed by atoms with van der Waals surface area (Å²) in [6, 6.07) is 7.02. The van der Waals surface area contributed by atoms with Gasteiger partial charge >= 0.3 is 5.97 Å². The highest BCUT2D eigenvalue weighted by Crippen LogP contribution is 2.09. The molecule has 1 aromatic carbocycles. The van der Waals surface area contributed by atoms with Gasteiger partial charge < -0.3 is 15.2 Å². The maximum absolute atomic E-state index is 11.4. The van der Waals surface area contributed by atoms with Crippen molar-refractivity contribution in [2.24, 2.45) is 0 Å². The van der Waals surface area contributed by atoms with Crippen LogP contribution in [0.3, 0.4) is 0 Å². The van der Waals surface area contributed by atoms with Crippen LogP contribution >= 0.6 is 0 Å². The fourth-order valence-electron chi connectivity index (χ4n) is 1.09. The van der Waals surface area contributed by atoms with Crippen molar-refractivity contribution in [1.29, 1.82) is 0 Å². The van der Waals surface area contributed by atoms with Crippen LogP contribution in [0.4, 0.5) is 5.69 Å². The molecular weight excluding hydrogens is 194 g/mol. The monoisotopic (exact) mass is 209 g/mol. The molecule has 0 atom stereocenters. The van der Waals surface area contributed by atoms with E-state index < -0.39 is 0 Å². The number of carbonyl (C=O) groups is 1. The van der Waals surface area contributed by atoms with Gasteiger partial charge in [0.2, 0.25) is 0 Å². The van der Waals surface area contributed by atoms with Crippen LogP contribution in [0.1, 0.15) is 16.8 Å². The second-order valence-corrected chi connectivity index (χ2v) is 3.04. The van der Waals surface area contributed by atoms with E-state index in [9.17, 15) is 4.79 Å². The van der Waals surface area contributed by atoms with Gasteiger partial charge in [-0.3, -0.25) is 0 Å². The summed E-state index contributed by atoms with van der Waals surface area (Å²) in [5.41, 5.74) is 1.47. The van der Waals surface area contributed by atoms with E-state index in [1.54, 1.807) is 12.1 Å². The Morgan fingerprint density at radius 2 is 2.07 bits per heavy atom. The van der Waals surface area contributed by atoms with Crippen LogP contribution < -0.4 is 5.32 Å². The van der Waals surface area contributed by atoms with Crippen LogP contribution in [0, 0.1) is 0 Å². The third-order valence-corrected chi connectivity index (χ3v) is 1.94. The number of aliphatic hydroxyl groups is 1. The van der Waals surface area contributed by atoms with Crippen LogP contribution in [-0.4, -0.2) is 31.3 Å². The smallest absolute Gasteiger partial charge is 0.338 e. The van der Waals surface area contributed by atoms with Crippen molar-refractivity contribution in [3.63, 3.8) is 0 Å². The van der Waals surface area contributed by atoms with Crippen LogP contribution in [0.15, 0.2) is 24.3 Å². The van der Waals surface area contributed by atoms with E-state index >= 15 is 0 Å². The molecule has 2 N–H and O–H groups in total. The lowest BCUT2D eigenvalue weighted by Crippen LogP contribution is -2.07. The van der Waals surface area contributed by atoms with Gasteiger partial charge in [-0.2, -0.15) is 0 Å². The Labute approximate surface area is 88.9 Å². The van der Waals surface area contributed by atoms with Crippen molar-refractivity contribution < 1.29 is 14.6 Å². The molecular formula is C11H15NO3. The zero-order chi connectivity index (χ0) is 11.1. The first-order valence-corrected chi connectivity index (χ1v) is 4.83. The number of aliphatic hydroxyl groups excluding tert-OH is 1. The number of nitrogens with one attached hydrogen (secondary N) is 1. The number of ether oxygens (including phenoxy) is 1. The van der Waals surface area contributed by atoms with Crippen molar-refractivity contribution in [1.82, 2.24) is 0 Å². The summed E-state index contributed by atoms with van der Waals surface area (Å²) in [5, 5.41) is 11.5. The lowest BCUT2D eigenvalue weighted by atomic mass is 10.2. The number of anilines is 1. The second kappa shape index (κ2) is 6.03. The molecule has 1 rings (SSSR count). The molecule has 0 fully saturated rings. The summed E-state index contributed by atoms with van der Waals surface area (Å²) in [5.74, 6) is -0.355. The lowest BCUT2D eigenvalue weighted by Gasteiger charge is -2.04. The van der Waals surface area contributed by atoms with Gasteiger partial charge in [0.05, 0.1) is 12.2 Å². The molecule has 0 radical (unpaired) electrons. The number of benzene rings is 1. The molecule has 0 saturated heterocycles. The number of hydrogen-bond donors (Lipinski definition) is 2. The fourth-order valence-corrected chi connectivity index (χ4v) is 1.09. The Morgan fingerprint density at radius 3 is 2.60 bits per heavy atom. The van der Waals surface area contributed by atoms with Gasteiger partial charge in [0.25, 0.3) is 0 Å². The molecule has 0 aliphatic carbocycles. The summed E-state index contributed by atoms with van der Waals surface area (Å²) in [6.07, 6.45) is 0.473. The SMILES string of the molecule is CNc1ccc(C(=O)OCCCO)cc1. The Morgan fingerprint density at radius 1 is 1.40 bits per heavy atom. The molecule has 0 aliphatic heterocycles. The van der Waals surface area contributed by atoms with E-state index in [0.717, 1.165) is 5.69 Å². The Bertz CT molecular complexity index is 308. The maximum Gasteiger partial charge on any atom is 0.338 e. The van der Waals surface area contributed by atoms with Crippen LogP contribution in [-0.2, 0) is 4.74 Å². The minimum Gasteiger partial charge on any atom is -0.462 e. The number of esters is 1. The van der Waals surface area contributed by atoms with E-state index in [4.69, 9.17) is 9.84 Å². The summed E-state index contributed by atoms with van der Waals surface area (Å²) in [7, 11) is 1.81. The first kappa shape index (κ1) is 11.5. The molecule has 82 valence electrons. The van der Waals surface area contributed by atoms with Crippen molar-refractivity contribution in [2.45, 2.75) is 6.42 Å². The number of rotatable bonds is 5. The summed E-state index contributed by atoms with van der Waals surface area (Å²) in [4.78, 5) is 11.4. The molecule has 0 bridgehead atoms. The molecule has 0 aromatic heterocycles. The van der Waals surface area contributed by atoms with Crippen molar-refractivity contribution in [3.05, 3.63) is 29.8 Å². The normalized spacial score (nSPS) is 9.73. The van der Waals surface area contributed by atoms with E-state index in [0.29, 0.717) is 12.0 Å². The van der Waals surface area contributed by atoms with Crippen molar-refractivity contribution >= 4 is 11.7 Å². The van der Waals surface area contributed by atoms with Crippen LogP contribution in [0.2, 0.25) is 0 Å². The highest BCUT2D eigenvalue weighted by atomic mass is 16.5. The highest BCUT2D eigenvalue weighted by Gasteiger charge is 2.05. The van der Waals surface area contributed by atoms with Gasteiger partial charge in [-0.25, -0.2) is 4.79 Å². The minimum atomic E-state index is -0.355. The maximum atomic E-state index is 11.4. The van der Waals surface area contributed by atoms with Gasteiger partial charge in [0, 0.05) is 25.8 Å². The minimum absolute atomic E-state index is 0.0337. The van der Waals surface area contributed by atoms with Crippen molar-refractivity contribution in [3.8, 4) is 0 Å². The molecule has 0 unspecified atom stereocenters. The number of hydrogen-bond acceptors (Lipinski definition) is 4. The Hall–Kier alpha value is -1.55. The summed E-state index contributed by atoms with van der Waals surface area (Å²) >= 11 is 0. The van der Waals surface area contributed by atoms with Gasteiger partial charge in [-0.05, 0) is 24.3 Å². The second-order valence-electron chi connectivity index (χ2n) is 3.04. The Balaban J connectivity index is 2.50. The molecule has 15 heavy (non-hydrogen) atoms. The molecule has 0 spiro atoms. The molecule has 4 heteroatoms. The van der Waals surface area contributed by atoms with E-state index in [2.05, 4.69) is 5.32 Å². The molecule has 4 nitrogen and oxygen atoms in total. The van der Waals surface area contributed by atoms with Crippen molar-refractivity contribution in [2.75, 3.05) is 25.6 Å². The summed E-state index contributed by atoms with van der Waals surface area (Å²) < 4.78 is 4.92. The van der Waals surface area contributed by atoms with E-state index in [1.807, 2.05) is 19.2 Å². The predicted octanol–water partition coefficient (Wildman–Crippen LogP) is 1.27. The van der Waals surface area contributed by atoms with Gasteiger partial charge in [-0.1, -0.05) is 0 Å². The van der Waals surface area contributed by atoms with Gasteiger partial charge in [-0.15, -0.1) is 0 Å². The highest BCUT2D eigenvalue weighted by molar-refractivity contribution is 5.89. The fraction of sp³-hybridized carbons (Fsp3) is 0.364. The molecule has 0 amide bonds. The van der Waals surface area contributed by atoms with E-state index in [-0.39, 0.29) is 19.2 Å². The van der Waals surface area contributed by atoms with Gasteiger partial charge in [0.1, 0.15) is 0 Å². The average Bonchev–Trinajstić information content (AvgIpc) is 2.29. The third-order valence-electron chi connectivity index (χ3n) is 1.94. The zero-order valence-corrected chi connectivity index (χ0v) is 8.69. The van der Waals surface area contributed by atoms with Crippen LogP contribution in [0.25, 0.3) is 0 Å². The molecule has 0 heterocycles. The zero-order valence-electron chi connectivity index (χ0n) is 8.69. The lowest BCUT2D eigenvalue weighted by molar-refractivity contribution is 0.0482. The van der Waals surface area contributed by atoms with Gasteiger partial charge in [0.15, 0.2) is 0 Å². The van der Waals surface area contributed by atoms with E-state index in [1.165, 1.54) is 0 Å². The quantitative estimate of drug-likeness (QED) is 0.566. The first-order valence-electron chi connectivity index (χ1n) is 4.83. The first-order chi connectivity index (χ1) is 7.27. The predicted molar refractivity (Wildman–Crippen MR) is 58.0 cm³/mol. The molecule has 1 aromatic rings. The standard InChI is InChI=1S/C11H15NO3/c1-12-10-5-3-9(4-6-10)11(14)15-8-2-7-13/h3-6,12-13H,2,7-8H2,1H3. The summed E-state index contributed by atoms with van der Waals surface area (Å²) in [6.45, 7) is 0.287. The average molecular weight is 209 g/mol. The molecule has 0 aliphatic rings. The largest absolute Gasteiger partial charge is 0.462 e. The topological polar surface area (TPSA) is 58.6 Å². The molecule has 0 saturated carbocycles. The Kier molecular flexibility index (Phi) is 4.63. The van der Waals surface area contributed by atoms with Crippen LogP contribution in [0.5, 0.6) is 0 Å². The number of carbonyl (C=O) groups excluding carboxylic acids is 1.